The Kier molecular flexibility index (Phi) is 9.05. The largest absolute Gasteiger partial charge is 0.462 e. The minimum Gasteiger partial charge on any atom is -0.462 e. The fraction of sp³-hybridized carbons (Fsp3) is 0.667. The molecule has 0 unspecified atom stereocenters. The third kappa shape index (κ3) is 8.45. The van der Waals surface area contributed by atoms with E-state index in [1.807, 2.05) is 0 Å². The van der Waals surface area contributed by atoms with Crippen LogP contribution >= 0.6 is 0 Å². The number of carbonyl (C=O) groups excluding carboxylic acids is 2. The van der Waals surface area contributed by atoms with E-state index >= 15 is 0 Å². The number of ether oxygens (including phenoxy) is 1. The lowest BCUT2D eigenvalue weighted by Crippen LogP contribution is -2.27. The van der Waals surface area contributed by atoms with Crippen molar-refractivity contribution in [3.63, 3.8) is 0 Å². The first-order valence-corrected chi connectivity index (χ1v) is 5.84. The van der Waals surface area contributed by atoms with E-state index in [9.17, 15) is 9.59 Å². The molecular formula is C12H21NO4. The number of rotatable bonds is 9. The smallest absolute Gasteiger partial charge is 0.333 e. The highest BCUT2D eigenvalue weighted by Crippen LogP contribution is 2.03. The molecule has 0 radical (unpaired) electrons. The number of unbranched alkanes of at least 4 members (excludes halogenated alkanes) is 2. The van der Waals surface area contributed by atoms with Gasteiger partial charge in [-0.3, -0.25) is 4.79 Å². The van der Waals surface area contributed by atoms with Gasteiger partial charge in [-0.2, -0.15) is 0 Å². The molecule has 0 saturated heterocycles. The fourth-order valence-corrected chi connectivity index (χ4v) is 1.14. The molecule has 0 spiro atoms. The molecule has 0 aromatic rings. The lowest BCUT2D eigenvalue weighted by molar-refractivity contribution is -0.140. The predicted octanol–water partition coefficient (Wildman–Crippen LogP) is 0.775. The second kappa shape index (κ2) is 9.84. The van der Waals surface area contributed by atoms with Gasteiger partial charge >= 0.3 is 5.97 Å². The lowest BCUT2D eigenvalue weighted by Gasteiger charge is -2.07. The van der Waals surface area contributed by atoms with Gasteiger partial charge in [0, 0.05) is 12.1 Å². The number of amides is 1. The van der Waals surface area contributed by atoms with Gasteiger partial charge in [0.2, 0.25) is 5.91 Å². The Bertz CT molecular complexity index is 263. The predicted molar refractivity (Wildman–Crippen MR) is 64.3 cm³/mol. The third-order valence-corrected chi connectivity index (χ3v) is 2.08. The maximum Gasteiger partial charge on any atom is 0.333 e. The van der Waals surface area contributed by atoms with Crippen molar-refractivity contribution in [3.8, 4) is 0 Å². The van der Waals surface area contributed by atoms with Gasteiger partial charge in [-0.25, -0.2) is 4.79 Å². The van der Waals surface area contributed by atoms with Gasteiger partial charge in [0.1, 0.15) is 0 Å². The molecule has 0 aliphatic heterocycles. The normalized spacial score (nSPS) is 9.76. The Morgan fingerprint density at radius 2 is 2.06 bits per heavy atom. The molecule has 0 bridgehead atoms. The first-order valence-electron chi connectivity index (χ1n) is 5.84. The molecule has 0 fully saturated rings. The molecule has 0 heterocycles. The van der Waals surface area contributed by atoms with Crippen molar-refractivity contribution in [1.29, 1.82) is 0 Å². The first-order chi connectivity index (χ1) is 8.11. The average molecular weight is 243 g/mol. The molecule has 5 nitrogen and oxygen atoms in total. The molecule has 0 atom stereocenters. The molecule has 0 aliphatic carbocycles. The summed E-state index contributed by atoms with van der Waals surface area (Å²) in [4.78, 5) is 22.6. The summed E-state index contributed by atoms with van der Waals surface area (Å²) >= 11 is 0. The zero-order chi connectivity index (χ0) is 13.1. The summed E-state index contributed by atoms with van der Waals surface area (Å²) in [7, 11) is 0. The molecule has 0 saturated carbocycles. The fourth-order valence-electron chi connectivity index (χ4n) is 1.14. The molecular weight excluding hydrogens is 222 g/mol. The van der Waals surface area contributed by atoms with Crippen LogP contribution in [0.25, 0.3) is 0 Å². The summed E-state index contributed by atoms with van der Waals surface area (Å²) in [6, 6.07) is 0. The van der Waals surface area contributed by atoms with Crippen molar-refractivity contribution in [1.82, 2.24) is 5.32 Å². The van der Waals surface area contributed by atoms with E-state index < -0.39 is 5.97 Å². The summed E-state index contributed by atoms with van der Waals surface area (Å²) < 4.78 is 4.94. The van der Waals surface area contributed by atoms with E-state index in [4.69, 9.17) is 9.84 Å². The van der Waals surface area contributed by atoms with Crippen molar-refractivity contribution in [2.24, 2.45) is 0 Å². The maximum absolute atomic E-state index is 11.4. The van der Waals surface area contributed by atoms with Gasteiger partial charge in [-0.15, -0.1) is 0 Å². The van der Waals surface area contributed by atoms with Crippen LogP contribution in [-0.2, 0) is 14.3 Å². The van der Waals surface area contributed by atoms with Gasteiger partial charge in [-0.1, -0.05) is 26.3 Å². The summed E-state index contributed by atoms with van der Waals surface area (Å²) in [5.41, 5.74) is 0.136. The van der Waals surface area contributed by atoms with E-state index in [1.54, 1.807) is 0 Å². The number of aliphatic hydroxyl groups is 1. The lowest BCUT2D eigenvalue weighted by atomic mass is 10.2. The standard InChI is InChI=1S/C12H21NO4/c1-3-4-5-8-17-12(16)10(2)9-11(15)13-6-7-14/h14H,2-9H2,1H3,(H,13,15). The minimum atomic E-state index is -0.528. The second-order valence-electron chi connectivity index (χ2n) is 3.70. The second-order valence-corrected chi connectivity index (χ2v) is 3.70. The topological polar surface area (TPSA) is 75.6 Å². The monoisotopic (exact) mass is 243 g/mol. The molecule has 2 N–H and O–H groups in total. The quantitative estimate of drug-likeness (QED) is 0.356. The van der Waals surface area contributed by atoms with Crippen molar-refractivity contribution < 1.29 is 19.4 Å². The maximum atomic E-state index is 11.4. The van der Waals surface area contributed by atoms with Crippen LogP contribution in [-0.4, -0.2) is 36.7 Å². The number of esters is 1. The van der Waals surface area contributed by atoms with Crippen LogP contribution in [0.2, 0.25) is 0 Å². The van der Waals surface area contributed by atoms with Crippen molar-refractivity contribution in [2.75, 3.05) is 19.8 Å². The highest BCUT2D eigenvalue weighted by Gasteiger charge is 2.12. The average Bonchev–Trinajstić information content (AvgIpc) is 2.31. The number of hydrogen-bond acceptors (Lipinski definition) is 4. The molecule has 0 aromatic heterocycles. The van der Waals surface area contributed by atoms with Crippen molar-refractivity contribution in [3.05, 3.63) is 12.2 Å². The third-order valence-electron chi connectivity index (χ3n) is 2.08. The Hall–Kier alpha value is -1.36. The van der Waals surface area contributed by atoms with E-state index in [2.05, 4.69) is 18.8 Å². The van der Waals surface area contributed by atoms with E-state index in [-0.39, 0.29) is 31.1 Å². The highest BCUT2D eigenvalue weighted by atomic mass is 16.5. The molecule has 17 heavy (non-hydrogen) atoms. The number of aliphatic hydroxyl groups excluding tert-OH is 1. The number of carbonyl (C=O) groups is 2. The van der Waals surface area contributed by atoms with Crippen molar-refractivity contribution in [2.45, 2.75) is 32.6 Å². The number of hydrogen-bond donors (Lipinski definition) is 2. The van der Waals surface area contributed by atoms with Crippen LogP contribution in [0.5, 0.6) is 0 Å². The highest BCUT2D eigenvalue weighted by molar-refractivity contribution is 5.94. The minimum absolute atomic E-state index is 0.0907. The molecule has 98 valence electrons. The summed E-state index contributed by atoms with van der Waals surface area (Å²) in [5.74, 6) is -0.866. The molecule has 1 amide bonds. The number of nitrogens with one attached hydrogen (secondary N) is 1. The van der Waals surface area contributed by atoms with Crippen molar-refractivity contribution >= 4 is 11.9 Å². The molecule has 5 heteroatoms. The molecule has 0 rings (SSSR count). The Morgan fingerprint density at radius 3 is 2.65 bits per heavy atom. The first kappa shape index (κ1) is 15.6. The summed E-state index contributed by atoms with van der Waals surface area (Å²) in [6.45, 7) is 5.98. The van der Waals surface area contributed by atoms with Gasteiger partial charge < -0.3 is 15.2 Å². The molecule has 0 aliphatic rings. The van der Waals surface area contributed by atoms with Crippen LogP contribution in [0.4, 0.5) is 0 Å². The zero-order valence-electron chi connectivity index (χ0n) is 10.3. The summed E-state index contributed by atoms with van der Waals surface area (Å²) in [5, 5.41) is 10.9. The van der Waals surface area contributed by atoms with Crippen LogP contribution in [0.1, 0.15) is 32.6 Å². The SMILES string of the molecule is C=C(CC(=O)NCCO)C(=O)OCCCCC. The Balaban J connectivity index is 3.73. The van der Waals surface area contributed by atoms with E-state index in [0.29, 0.717) is 6.61 Å². The zero-order valence-corrected chi connectivity index (χ0v) is 10.3. The summed E-state index contributed by atoms with van der Waals surface area (Å²) in [6.07, 6.45) is 2.80. The van der Waals surface area contributed by atoms with Gasteiger partial charge in [0.05, 0.1) is 19.6 Å². The van der Waals surface area contributed by atoms with Gasteiger partial charge in [-0.05, 0) is 6.42 Å². The van der Waals surface area contributed by atoms with Crippen LogP contribution in [0.3, 0.4) is 0 Å². The van der Waals surface area contributed by atoms with E-state index in [0.717, 1.165) is 19.3 Å². The van der Waals surface area contributed by atoms with E-state index in [1.165, 1.54) is 0 Å². The molecule has 0 aromatic carbocycles. The van der Waals surface area contributed by atoms with Crippen LogP contribution in [0, 0.1) is 0 Å². The Labute approximate surface area is 102 Å². The van der Waals surface area contributed by atoms with Gasteiger partial charge in [0.15, 0.2) is 0 Å². The van der Waals surface area contributed by atoms with Crippen LogP contribution < -0.4 is 5.32 Å². The Morgan fingerprint density at radius 1 is 1.35 bits per heavy atom. The van der Waals surface area contributed by atoms with Crippen LogP contribution in [0.15, 0.2) is 12.2 Å². The van der Waals surface area contributed by atoms with Gasteiger partial charge in [0.25, 0.3) is 0 Å².